The Kier molecular flexibility index (Phi) is 5.64. The number of fused-ring (bicyclic) bond motifs is 1. The summed E-state index contributed by atoms with van der Waals surface area (Å²) in [5, 5.41) is 5.27. The number of nitrogens with zero attached hydrogens (tertiary/aromatic N) is 4. The van der Waals surface area contributed by atoms with E-state index >= 15 is 0 Å². The number of imidazole rings is 1. The zero-order valence-corrected chi connectivity index (χ0v) is 17.6. The molecule has 31 heavy (non-hydrogen) atoms. The minimum atomic E-state index is -0.603. The maximum Gasteiger partial charge on any atom is 0.411 e. The van der Waals surface area contributed by atoms with Crippen molar-refractivity contribution < 1.29 is 18.7 Å². The normalized spacial score (nSPS) is 13.9. The van der Waals surface area contributed by atoms with Crippen molar-refractivity contribution in [2.24, 2.45) is 0 Å². The molecule has 0 aliphatic carbocycles. The van der Waals surface area contributed by atoms with Crippen molar-refractivity contribution in [3.05, 3.63) is 42.6 Å². The van der Waals surface area contributed by atoms with Gasteiger partial charge < -0.3 is 15.0 Å². The zero-order valence-electron chi connectivity index (χ0n) is 16.8. The van der Waals surface area contributed by atoms with Gasteiger partial charge in [-0.3, -0.25) is 9.72 Å². The van der Waals surface area contributed by atoms with E-state index in [2.05, 4.69) is 20.6 Å². The Labute approximate surface area is 182 Å². The van der Waals surface area contributed by atoms with Crippen LogP contribution in [0.25, 0.3) is 17.0 Å². The number of ether oxygens (including phenoxy) is 1. The standard InChI is InChI=1S/C20H20ClFN6O3/c1-11(2)31-20(30)25-14-6-23-18-26-17(10-27(18)9-14)15-5-13(3-4-16(15)22)24-19(29)28-7-12(21)8-28/h3-6,9-12H,7-8H2,1-2H3,(H,24,29)(H,25,30). The summed E-state index contributed by atoms with van der Waals surface area (Å²) in [5.74, 6) is -0.176. The van der Waals surface area contributed by atoms with Crippen molar-refractivity contribution in [3.8, 4) is 11.3 Å². The van der Waals surface area contributed by atoms with Gasteiger partial charge in [0.15, 0.2) is 0 Å². The Morgan fingerprint density at radius 2 is 2.00 bits per heavy atom. The number of rotatable bonds is 4. The molecule has 0 saturated carbocycles. The van der Waals surface area contributed by atoms with Gasteiger partial charge in [-0.05, 0) is 32.0 Å². The topological polar surface area (TPSA) is 101 Å². The second-order valence-electron chi connectivity index (χ2n) is 7.38. The Morgan fingerprint density at radius 3 is 2.71 bits per heavy atom. The second-order valence-corrected chi connectivity index (χ2v) is 8.00. The smallest absolute Gasteiger partial charge is 0.411 e. The van der Waals surface area contributed by atoms with Crippen molar-refractivity contribution in [1.82, 2.24) is 19.3 Å². The maximum absolute atomic E-state index is 14.5. The predicted octanol–water partition coefficient (Wildman–Crippen LogP) is 3.95. The van der Waals surface area contributed by atoms with E-state index in [4.69, 9.17) is 16.3 Å². The van der Waals surface area contributed by atoms with Gasteiger partial charge in [-0.15, -0.1) is 11.6 Å². The molecule has 1 aliphatic heterocycles. The molecule has 1 fully saturated rings. The number of carbonyl (C=O) groups is 2. The number of hydrogen-bond acceptors (Lipinski definition) is 5. The highest BCUT2D eigenvalue weighted by molar-refractivity contribution is 6.22. The molecule has 2 aromatic heterocycles. The van der Waals surface area contributed by atoms with Crippen molar-refractivity contribution in [2.75, 3.05) is 23.7 Å². The van der Waals surface area contributed by atoms with E-state index in [0.717, 1.165) is 0 Å². The molecular weight excluding hydrogens is 427 g/mol. The van der Waals surface area contributed by atoms with Crippen LogP contribution >= 0.6 is 11.6 Å². The molecule has 0 bridgehead atoms. The molecular formula is C20H20ClFN6O3. The number of carbonyl (C=O) groups excluding carboxylic acids is 2. The SMILES string of the molecule is CC(C)OC(=O)Nc1cnc2nc(-c3cc(NC(=O)N4CC(Cl)C4)ccc3F)cn2c1. The van der Waals surface area contributed by atoms with E-state index in [1.165, 1.54) is 24.4 Å². The number of halogens is 2. The summed E-state index contributed by atoms with van der Waals surface area (Å²) in [5.41, 5.74) is 1.36. The van der Waals surface area contributed by atoms with E-state index in [1.807, 2.05) is 0 Å². The third-order valence-corrected chi connectivity index (χ3v) is 4.79. The fraction of sp³-hybridized carbons (Fsp3) is 0.300. The van der Waals surface area contributed by atoms with E-state index in [0.29, 0.717) is 35.9 Å². The Morgan fingerprint density at radius 1 is 1.23 bits per heavy atom. The van der Waals surface area contributed by atoms with Gasteiger partial charge in [0.25, 0.3) is 0 Å². The minimum absolute atomic E-state index is 0.0355. The third-order valence-electron chi connectivity index (χ3n) is 4.52. The van der Waals surface area contributed by atoms with Crippen molar-refractivity contribution >= 4 is 40.9 Å². The lowest BCUT2D eigenvalue weighted by Gasteiger charge is -2.35. The molecule has 1 aromatic carbocycles. The van der Waals surface area contributed by atoms with Gasteiger partial charge in [-0.2, -0.15) is 0 Å². The van der Waals surface area contributed by atoms with Crippen LogP contribution in [0, 0.1) is 5.82 Å². The molecule has 4 rings (SSSR count). The summed E-state index contributed by atoms with van der Waals surface area (Å²) in [6, 6.07) is 3.95. The summed E-state index contributed by atoms with van der Waals surface area (Å²) >= 11 is 5.90. The number of amides is 3. The maximum atomic E-state index is 14.5. The van der Waals surface area contributed by atoms with Crippen LogP contribution in [0.1, 0.15) is 13.8 Å². The number of alkyl halides is 1. The molecule has 9 nitrogen and oxygen atoms in total. The fourth-order valence-corrected chi connectivity index (χ4v) is 3.37. The molecule has 0 unspecified atom stereocenters. The summed E-state index contributed by atoms with van der Waals surface area (Å²) in [6.45, 7) is 4.43. The van der Waals surface area contributed by atoms with Crippen LogP contribution in [-0.4, -0.2) is 56.0 Å². The van der Waals surface area contributed by atoms with Crippen LogP contribution in [0.15, 0.2) is 36.8 Å². The van der Waals surface area contributed by atoms with Gasteiger partial charge in [0.05, 0.1) is 29.1 Å². The first-order chi connectivity index (χ1) is 14.8. The first-order valence-electron chi connectivity index (χ1n) is 9.61. The molecule has 11 heteroatoms. The van der Waals surface area contributed by atoms with Crippen LogP contribution in [-0.2, 0) is 4.74 Å². The number of urea groups is 1. The Balaban J connectivity index is 1.55. The number of benzene rings is 1. The summed E-state index contributed by atoms with van der Waals surface area (Å²) in [4.78, 5) is 34.0. The molecule has 0 radical (unpaired) electrons. The van der Waals surface area contributed by atoms with Crippen molar-refractivity contribution in [2.45, 2.75) is 25.3 Å². The molecule has 0 atom stereocenters. The highest BCUT2D eigenvalue weighted by atomic mass is 35.5. The number of aromatic nitrogens is 3. The third kappa shape index (κ3) is 4.69. The lowest BCUT2D eigenvalue weighted by molar-refractivity contribution is 0.130. The molecule has 162 valence electrons. The lowest BCUT2D eigenvalue weighted by Crippen LogP contribution is -2.52. The number of nitrogens with one attached hydrogen (secondary N) is 2. The van der Waals surface area contributed by atoms with Crippen LogP contribution in [0.5, 0.6) is 0 Å². The Bertz CT molecular complexity index is 1150. The fourth-order valence-electron chi connectivity index (χ4n) is 3.03. The largest absolute Gasteiger partial charge is 0.447 e. The first-order valence-corrected chi connectivity index (χ1v) is 10.0. The predicted molar refractivity (Wildman–Crippen MR) is 114 cm³/mol. The summed E-state index contributed by atoms with van der Waals surface area (Å²) < 4.78 is 21.1. The van der Waals surface area contributed by atoms with Gasteiger partial charge in [-0.1, -0.05) is 0 Å². The highest BCUT2D eigenvalue weighted by Crippen LogP contribution is 2.26. The molecule has 3 aromatic rings. The van der Waals surface area contributed by atoms with Gasteiger partial charge in [0, 0.05) is 36.7 Å². The average molecular weight is 447 g/mol. The van der Waals surface area contributed by atoms with Crippen molar-refractivity contribution in [1.29, 1.82) is 0 Å². The van der Waals surface area contributed by atoms with E-state index in [9.17, 15) is 14.0 Å². The molecule has 3 heterocycles. The average Bonchev–Trinajstić information content (AvgIpc) is 3.09. The van der Waals surface area contributed by atoms with Crippen LogP contribution in [0.2, 0.25) is 0 Å². The minimum Gasteiger partial charge on any atom is -0.447 e. The van der Waals surface area contributed by atoms with Crippen LogP contribution in [0.3, 0.4) is 0 Å². The van der Waals surface area contributed by atoms with Gasteiger partial charge in [0.2, 0.25) is 5.78 Å². The van der Waals surface area contributed by atoms with Crippen LogP contribution in [0.4, 0.5) is 25.4 Å². The van der Waals surface area contributed by atoms with E-state index in [1.54, 1.807) is 35.5 Å². The molecule has 1 aliphatic rings. The monoisotopic (exact) mass is 446 g/mol. The number of hydrogen-bond donors (Lipinski definition) is 2. The summed E-state index contributed by atoms with van der Waals surface area (Å²) in [6.07, 6.45) is 3.74. The molecule has 3 amide bonds. The zero-order chi connectivity index (χ0) is 22.1. The van der Waals surface area contributed by atoms with Crippen molar-refractivity contribution in [3.63, 3.8) is 0 Å². The first kappa shape index (κ1) is 20.9. The molecule has 1 saturated heterocycles. The highest BCUT2D eigenvalue weighted by Gasteiger charge is 2.29. The quantitative estimate of drug-likeness (QED) is 0.591. The molecule has 2 N–H and O–H groups in total. The van der Waals surface area contributed by atoms with E-state index < -0.39 is 11.9 Å². The molecule has 0 spiro atoms. The number of likely N-dealkylation sites (tertiary alicyclic amines) is 1. The summed E-state index contributed by atoms with van der Waals surface area (Å²) in [7, 11) is 0. The Hall–Kier alpha value is -3.40. The van der Waals surface area contributed by atoms with Gasteiger partial charge >= 0.3 is 12.1 Å². The van der Waals surface area contributed by atoms with Gasteiger partial charge in [0.1, 0.15) is 5.82 Å². The lowest BCUT2D eigenvalue weighted by atomic mass is 10.1. The second kappa shape index (κ2) is 8.38. The van der Waals surface area contributed by atoms with E-state index in [-0.39, 0.29) is 23.1 Å². The van der Waals surface area contributed by atoms with Gasteiger partial charge in [-0.25, -0.2) is 23.9 Å². The van der Waals surface area contributed by atoms with Crippen LogP contribution < -0.4 is 10.6 Å². The number of anilines is 2.